The van der Waals surface area contributed by atoms with Crippen LogP contribution in [0.1, 0.15) is 42.0 Å². The van der Waals surface area contributed by atoms with E-state index in [0.717, 1.165) is 17.2 Å². The maximum atomic E-state index is 14.1. The predicted molar refractivity (Wildman–Crippen MR) is 117 cm³/mol. The number of carbonyl (C=O) groups is 2. The second-order valence-corrected chi connectivity index (χ2v) is 7.95. The van der Waals surface area contributed by atoms with Gasteiger partial charge in [0.1, 0.15) is 0 Å². The van der Waals surface area contributed by atoms with E-state index < -0.39 is 11.6 Å². The molecule has 1 heterocycles. The molecule has 0 aromatic heterocycles. The molecule has 0 aliphatic carbocycles. The Kier molecular flexibility index (Phi) is 6.59. The van der Waals surface area contributed by atoms with Crippen molar-refractivity contribution in [3.63, 3.8) is 0 Å². The molecule has 0 unspecified atom stereocenters. The van der Waals surface area contributed by atoms with E-state index in [1.54, 1.807) is 0 Å². The third kappa shape index (κ3) is 4.85. The quantitative estimate of drug-likeness (QED) is 0.583. The van der Waals surface area contributed by atoms with E-state index in [1.165, 1.54) is 17.0 Å². The number of benzene rings is 3. The maximum absolute atomic E-state index is 14.1. The van der Waals surface area contributed by atoms with Crippen LogP contribution in [-0.2, 0) is 16.1 Å². The molecular formula is C26H24F2N2O2. The lowest BCUT2D eigenvalue weighted by molar-refractivity contribution is -0.130. The zero-order chi connectivity index (χ0) is 22.5. The van der Waals surface area contributed by atoms with E-state index in [-0.39, 0.29) is 48.8 Å². The second kappa shape index (κ2) is 9.73. The molecule has 1 N–H and O–H groups in total. The van der Waals surface area contributed by atoms with E-state index in [0.29, 0.717) is 6.42 Å². The molecule has 3 aromatic rings. The van der Waals surface area contributed by atoms with Crippen LogP contribution >= 0.6 is 0 Å². The van der Waals surface area contributed by atoms with Crippen LogP contribution in [0.2, 0.25) is 0 Å². The lowest BCUT2D eigenvalue weighted by Crippen LogP contribution is -2.38. The molecule has 0 saturated carbocycles. The first-order valence-electron chi connectivity index (χ1n) is 10.6. The van der Waals surface area contributed by atoms with Crippen molar-refractivity contribution in [3.05, 3.63) is 107 Å². The molecule has 1 aliphatic rings. The standard InChI is InChI=1S/C26H24F2N2O2/c27-22-13-7-12-20(25(22)28)17-30-21(14-15-24(30)32)16-23(31)29-26(18-8-3-1-4-9-18)19-10-5-2-6-11-19/h1-13,21,26H,14-17H2,(H,29,31)/t21-/m0/s1. The van der Waals surface area contributed by atoms with Crippen LogP contribution in [0.4, 0.5) is 8.78 Å². The monoisotopic (exact) mass is 434 g/mol. The molecule has 1 saturated heterocycles. The zero-order valence-electron chi connectivity index (χ0n) is 17.5. The third-order valence-electron chi connectivity index (χ3n) is 5.82. The second-order valence-electron chi connectivity index (χ2n) is 7.95. The fraction of sp³-hybridized carbons (Fsp3) is 0.231. The number of nitrogens with zero attached hydrogens (tertiary/aromatic N) is 1. The lowest BCUT2D eigenvalue weighted by atomic mass is 9.98. The summed E-state index contributed by atoms with van der Waals surface area (Å²) in [5, 5.41) is 3.09. The number of amides is 2. The van der Waals surface area contributed by atoms with Crippen molar-refractivity contribution in [2.24, 2.45) is 0 Å². The summed E-state index contributed by atoms with van der Waals surface area (Å²) in [4.78, 5) is 26.9. The van der Waals surface area contributed by atoms with Gasteiger partial charge in [-0.3, -0.25) is 9.59 Å². The van der Waals surface area contributed by atoms with Crippen molar-refractivity contribution in [1.29, 1.82) is 0 Å². The molecule has 3 aromatic carbocycles. The molecule has 6 heteroatoms. The van der Waals surface area contributed by atoms with Gasteiger partial charge in [-0.25, -0.2) is 8.78 Å². The minimum atomic E-state index is -0.955. The number of halogens is 2. The topological polar surface area (TPSA) is 49.4 Å². The smallest absolute Gasteiger partial charge is 0.223 e. The van der Waals surface area contributed by atoms with E-state index in [1.807, 2.05) is 60.7 Å². The van der Waals surface area contributed by atoms with E-state index in [9.17, 15) is 18.4 Å². The molecular weight excluding hydrogens is 410 g/mol. The molecule has 0 spiro atoms. The predicted octanol–water partition coefficient (Wildman–Crippen LogP) is 4.75. The Morgan fingerprint density at radius 2 is 1.56 bits per heavy atom. The number of carbonyl (C=O) groups excluding carboxylic acids is 2. The van der Waals surface area contributed by atoms with E-state index in [2.05, 4.69) is 5.32 Å². The highest BCUT2D eigenvalue weighted by atomic mass is 19.2. The van der Waals surface area contributed by atoms with Gasteiger partial charge in [-0.1, -0.05) is 72.8 Å². The molecule has 1 aliphatic heterocycles. The van der Waals surface area contributed by atoms with Gasteiger partial charge in [0.2, 0.25) is 11.8 Å². The number of rotatable bonds is 7. The molecule has 2 amide bonds. The van der Waals surface area contributed by atoms with Gasteiger partial charge in [0.05, 0.1) is 6.04 Å². The van der Waals surface area contributed by atoms with Gasteiger partial charge in [0.15, 0.2) is 11.6 Å². The van der Waals surface area contributed by atoms with Crippen LogP contribution in [0.3, 0.4) is 0 Å². The summed E-state index contributed by atoms with van der Waals surface area (Å²) >= 11 is 0. The summed E-state index contributed by atoms with van der Waals surface area (Å²) in [5.41, 5.74) is 2.01. The molecule has 0 radical (unpaired) electrons. The third-order valence-corrected chi connectivity index (χ3v) is 5.82. The van der Waals surface area contributed by atoms with Crippen LogP contribution in [0, 0.1) is 11.6 Å². The summed E-state index contributed by atoms with van der Waals surface area (Å²) in [6, 6.07) is 22.6. The highest BCUT2D eigenvalue weighted by Gasteiger charge is 2.33. The lowest BCUT2D eigenvalue weighted by Gasteiger charge is -2.26. The normalized spacial score (nSPS) is 15.9. The first kappa shape index (κ1) is 21.7. The molecule has 164 valence electrons. The number of nitrogens with one attached hydrogen (secondary N) is 1. The average Bonchev–Trinajstić information content (AvgIpc) is 3.15. The summed E-state index contributed by atoms with van der Waals surface area (Å²) in [7, 11) is 0. The highest BCUT2D eigenvalue weighted by molar-refractivity contribution is 5.82. The largest absolute Gasteiger partial charge is 0.345 e. The molecule has 32 heavy (non-hydrogen) atoms. The molecule has 1 fully saturated rings. The average molecular weight is 434 g/mol. The van der Waals surface area contributed by atoms with Gasteiger partial charge in [-0.15, -0.1) is 0 Å². The Bertz CT molecular complexity index is 1050. The highest BCUT2D eigenvalue weighted by Crippen LogP contribution is 2.27. The van der Waals surface area contributed by atoms with Crippen molar-refractivity contribution in [1.82, 2.24) is 10.2 Å². The molecule has 1 atom stereocenters. The van der Waals surface area contributed by atoms with Crippen molar-refractivity contribution >= 4 is 11.8 Å². The van der Waals surface area contributed by atoms with E-state index in [4.69, 9.17) is 0 Å². The molecule has 4 nitrogen and oxygen atoms in total. The van der Waals surface area contributed by atoms with Crippen LogP contribution in [0.25, 0.3) is 0 Å². The molecule has 4 rings (SSSR count). The number of hydrogen-bond acceptors (Lipinski definition) is 2. The molecule has 0 bridgehead atoms. The van der Waals surface area contributed by atoms with E-state index >= 15 is 0 Å². The summed E-state index contributed by atoms with van der Waals surface area (Å²) in [5.74, 6) is -2.26. The van der Waals surface area contributed by atoms with Gasteiger partial charge in [0, 0.05) is 31.0 Å². The first-order valence-corrected chi connectivity index (χ1v) is 10.6. The van der Waals surface area contributed by atoms with Gasteiger partial charge in [0.25, 0.3) is 0 Å². The van der Waals surface area contributed by atoms with Crippen molar-refractivity contribution in [2.75, 3.05) is 0 Å². The number of likely N-dealkylation sites (tertiary alicyclic amines) is 1. The van der Waals surface area contributed by atoms with Crippen molar-refractivity contribution in [2.45, 2.75) is 37.9 Å². The van der Waals surface area contributed by atoms with Gasteiger partial charge in [-0.2, -0.15) is 0 Å². The minimum Gasteiger partial charge on any atom is -0.345 e. The van der Waals surface area contributed by atoms with Crippen molar-refractivity contribution < 1.29 is 18.4 Å². The van der Waals surface area contributed by atoms with Gasteiger partial charge >= 0.3 is 0 Å². The summed E-state index contributed by atoms with van der Waals surface area (Å²) in [6.45, 7) is -0.0544. The van der Waals surface area contributed by atoms with Crippen LogP contribution in [0.15, 0.2) is 78.9 Å². The fourth-order valence-corrected chi connectivity index (χ4v) is 4.16. The van der Waals surface area contributed by atoms with Crippen LogP contribution < -0.4 is 5.32 Å². The summed E-state index contributed by atoms with van der Waals surface area (Å²) < 4.78 is 27.7. The summed E-state index contributed by atoms with van der Waals surface area (Å²) in [6.07, 6.45) is 0.888. The number of hydrogen-bond donors (Lipinski definition) is 1. The van der Waals surface area contributed by atoms with Gasteiger partial charge < -0.3 is 10.2 Å². The van der Waals surface area contributed by atoms with Crippen LogP contribution in [-0.4, -0.2) is 22.8 Å². The first-order chi connectivity index (χ1) is 15.5. The Morgan fingerprint density at radius 1 is 0.938 bits per heavy atom. The SMILES string of the molecule is O=C(C[C@@H]1CCC(=O)N1Cc1cccc(F)c1F)NC(c1ccccc1)c1ccccc1. The Morgan fingerprint density at radius 3 is 2.19 bits per heavy atom. The Hall–Kier alpha value is -3.54. The maximum Gasteiger partial charge on any atom is 0.223 e. The van der Waals surface area contributed by atoms with Crippen LogP contribution in [0.5, 0.6) is 0 Å². The van der Waals surface area contributed by atoms with Gasteiger partial charge in [-0.05, 0) is 23.6 Å². The zero-order valence-corrected chi connectivity index (χ0v) is 17.5. The minimum absolute atomic E-state index is 0.0544. The van der Waals surface area contributed by atoms with Crippen molar-refractivity contribution in [3.8, 4) is 0 Å². The Balaban J connectivity index is 1.49. The fourth-order valence-electron chi connectivity index (χ4n) is 4.16. The Labute approximate surface area is 185 Å².